The van der Waals surface area contributed by atoms with Gasteiger partial charge >= 0.3 is 265 Å². The van der Waals surface area contributed by atoms with Crippen LogP contribution in [0.5, 0.6) is 0 Å². The molecular formula is C36H38O6Te. The van der Waals surface area contributed by atoms with Crippen molar-refractivity contribution in [3.63, 3.8) is 0 Å². The fourth-order valence-electron chi connectivity index (χ4n) is 4.93. The van der Waals surface area contributed by atoms with Gasteiger partial charge in [-0.2, -0.15) is 0 Å². The Morgan fingerprint density at radius 1 is 0.651 bits per heavy atom. The van der Waals surface area contributed by atoms with Gasteiger partial charge in [-0.3, -0.25) is 0 Å². The van der Waals surface area contributed by atoms with E-state index in [0.717, 1.165) is 16.7 Å². The molecule has 1 aliphatic rings. The van der Waals surface area contributed by atoms with Crippen molar-refractivity contribution >= 4 is 30.5 Å². The fourth-order valence-corrected chi connectivity index (χ4v) is 8.14. The molecule has 5 atom stereocenters. The number of rotatable bonds is 13. The normalized spacial score (nSPS) is 21.8. The molecule has 0 amide bonds. The third-order valence-corrected chi connectivity index (χ3v) is 10.5. The molecule has 1 heterocycles. The summed E-state index contributed by atoms with van der Waals surface area (Å²) in [6.45, 7) is 4.74. The Morgan fingerprint density at radius 2 is 1.12 bits per heavy atom. The van der Waals surface area contributed by atoms with E-state index in [1.54, 1.807) is 0 Å². The number of aryl methyl sites for hydroxylation is 1. The molecule has 1 fully saturated rings. The van der Waals surface area contributed by atoms with E-state index >= 15 is 0 Å². The number of ether oxygens (including phenoxy) is 5. The Morgan fingerprint density at radius 3 is 1.60 bits per heavy atom. The minimum absolute atomic E-state index is 0.0722. The molecule has 7 heteroatoms. The topological polar surface area (TPSA) is 63.2 Å². The molecule has 1 saturated heterocycles. The summed E-state index contributed by atoms with van der Waals surface area (Å²) in [4.78, 5) is 11.9. The number of carbonyl (C=O) groups excluding carboxylic acids is 1. The maximum absolute atomic E-state index is 11.9. The van der Waals surface area contributed by atoms with Gasteiger partial charge in [-0.1, -0.05) is 0 Å². The van der Waals surface area contributed by atoms with Gasteiger partial charge in [0.1, 0.15) is 0 Å². The zero-order valence-corrected chi connectivity index (χ0v) is 26.9. The van der Waals surface area contributed by atoms with Crippen molar-refractivity contribution in [1.29, 1.82) is 0 Å². The zero-order valence-electron chi connectivity index (χ0n) is 24.5. The predicted molar refractivity (Wildman–Crippen MR) is 167 cm³/mol. The van der Waals surface area contributed by atoms with Crippen molar-refractivity contribution in [3.8, 4) is 0 Å². The van der Waals surface area contributed by atoms with Gasteiger partial charge < -0.3 is 0 Å². The van der Waals surface area contributed by atoms with Crippen LogP contribution in [0, 0.1) is 6.92 Å². The molecule has 0 unspecified atom stereocenters. The molecule has 5 rings (SSSR count). The average molecular weight is 694 g/mol. The molecule has 1 aliphatic heterocycles. The summed E-state index contributed by atoms with van der Waals surface area (Å²) in [6, 6.07) is 38.9. The molecular weight excluding hydrogens is 656 g/mol. The van der Waals surface area contributed by atoms with Gasteiger partial charge in [0.2, 0.25) is 0 Å². The van der Waals surface area contributed by atoms with E-state index in [-0.39, 0.29) is 16.7 Å². The fraction of sp³-hybridized carbons (Fsp3) is 0.306. The standard InChI is InChI=1S/C36H38O6Te/c1-26-18-20-31(21-19-26)43-36-35(41-24-30-16-10-5-11-17-30)34(40-23-29-14-8-4-9-15-29)33(32(42-36)25-38-27(2)37)39-22-28-12-6-3-7-13-28/h3-21,32-36H,22-25H2,1-2H3/t32-,33-,34+,35-,36-/m1/s1. The summed E-state index contributed by atoms with van der Waals surface area (Å²) >= 11 is -0.908. The van der Waals surface area contributed by atoms with Crippen molar-refractivity contribution in [2.75, 3.05) is 6.61 Å². The molecule has 4 aromatic rings. The monoisotopic (exact) mass is 696 g/mol. The van der Waals surface area contributed by atoms with Crippen LogP contribution >= 0.6 is 0 Å². The first-order valence-electron chi connectivity index (χ1n) is 14.5. The van der Waals surface area contributed by atoms with Gasteiger partial charge in [0.15, 0.2) is 0 Å². The number of carbonyl (C=O) groups is 1. The van der Waals surface area contributed by atoms with Gasteiger partial charge in [0, 0.05) is 0 Å². The summed E-state index contributed by atoms with van der Waals surface area (Å²) in [7, 11) is 0. The van der Waals surface area contributed by atoms with Crippen LogP contribution in [0.2, 0.25) is 0 Å². The third-order valence-electron chi connectivity index (χ3n) is 7.17. The van der Waals surface area contributed by atoms with Crippen LogP contribution in [0.1, 0.15) is 29.2 Å². The first-order valence-corrected chi connectivity index (χ1v) is 17.0. The summed E-state index contributed by atoms with van der Waals surface area (Å²) in [5.41, 5.74) is 4.38. The van der Waals surface area contributed by atoms with Crippen LogP contribution < -0.4 is 3.61 Å². The zero-order chi connectivity index (χ0) is 29.9. The number of esters is 1. The molecule has 4 aromatic carbocycles. The van der Waals surface area contributed by atoms with Crippen molar-refractivity contribution in [2.24, 2.45) is 0 Å². The van der Waals surface area contributed by atoms with E-state index in [1.807, 2.05) is 78.9 Å². The summed E-state index contributed by atoms with van der Waals surface area (Å²) in [5, 5.41) is 0. The molecule has 0 spiro atoms. The van der Waals surface area contributed by atoms with Gasteiger partial charge in [-0.15, -0.1) is 0 Å². The maximum atomic E-state index is 11.9. The first-order chi connectivity index (χ1) is 21.0. The average Bonchev–Trinajstić information content (AvgIpc) is 3.04. The summed E-state index contributed by atoms with van der Waals surface area (Å²) in [6.07, 6.45) is -1.93. The summed E-state index contributed by atoms with van der Waals surface area (Å²) < 4.78 is 33.4. The second-order valence-electron chi connectivity index (χ2n) is 10.6. The molecule has 43 heavy (non-hydrogen) atoms. The minimum atomic E-state index is -0.908. The Hall–Kier alpha value is -3.02. The Kier molecular flexibility index (Phi) is 11.8. The van der Waals surface area contributed by atoms with E-state index in [4.69, 9.17) is 23.7 Å². The van der Waals surface area contributed by atoms with E-state index < -0.39 is 45.3 Å². The van der Waals surface area contributed by atoms with Gasteiger partial charge in [0.05, 0.1) is 0 Å². The van der Waals surface area contributed by atoms with Crippen LogP contribution in [0.4, 0.5) is 0 Å². The molecule has 224 valence electrons. The SMILES string of the molecule is CC(=O)OC[C@H]1O[C@H]([Te]c2ccc(C)cc2)[C@H](OCc2ccccc2)[C@@H](OCc2ccccc2)[C@@H]1OCc1ccccc1. The van der Waals surface area contributed by atoms with E-state index in [1.165, 1.54) is 16.1 Å². The van der Waals surface area contributed by atoms with Gasteiger partial charge in [-0.05, 0) is 0 Å². The van der Waals surface area contributed by atoms with Crippen LogP contribution in [-0.2, 0) is 48.3 Å². The van der Waals surface area contributed by atoms with Crippen molar-refractivity contribution in [1.82, 2.24) is 0 Å². The Balaban J connectivity index is 1.48. The van der Waals surface area contributed by atoms with Crippen LogP contribution in [0.15, 0.2) is 115 Å². The molecule has 6 nitrogen and oxygen atoms in total. The second-order valence-corrected chi connectivity index (χ2v) is 13.9. The number of benzene rings is 4. The quantitative estimate of drug-likeness (QED) is 0.139. The van der Waals surface area contributed by atoms with Crippen LogP contribution in [0.3, 0.4) is 0 Å². The summed E-state index contributed by atoms with van der Waals surface area (Å²) in [5.74, 6) is -0.360. The molecule has 0 aromatic heterocycles. The third kappa shape index (κ3) is 9.48. The molecule has 0 saturated carbocycles. The van der Waals surface area contributed by atoms with E-state index in [9.17, 15) is 4.79 Å². The van der Waals surface area contributed by atoms with Gasteiger partial charge in [-0.25, -0.2) is 0 Å². The number of hydrogen-bond donors (Lipinski definition) is 0. The molecule has 0 bridgehead atoms. The van der Waals surface area contributed by atoms with Crippen molar-refractivity contribution in [2.45, 2.75) is 62.2 Å². The molecule has 0 aliphatic carbocycles. The Bertz CT molecular complexity index is 1380. The molecule has 0 radical (unpaired) electrons. The Labute approximate surface area is 264 Å². The number of hydrogen-bond acceptors (Lipinski definition) is 6. The molecule has 0 N–H and O–H groups in total. The second kappa shape index (κ2) is 16.2. The van der Waals surface area contributed by atoms with Crippen molar-refractivity contribution < 1.29 is 28.5 Å². The van der Waals surface area contributed by atoms with E-state index in [2.05, 4.69) is 43.3 Å². The van der Waals surface area contributed by atoms with Crippen molar-refractivity contribution in [3.05, 3.63) is 138 Å². The predicted octanol–water partition coefficient (Wildman–Crippen LogP) is 5.37. The first kappa shape index (κ1) is 31.4. The van der Waals surface area contributed by atoms with Gasteiger partial charge in [0.25, 0.3) is 0 Å². The van der Waals surface area contributed by atoms with E-state index in [0.29, 0.717) is 19.8 Å². The van der Waals surface area contributed by atoms with Crippen LogP contribution in [0.25, 0.3) is 0 Å². The van der Waals surface area contributed by atoms with Crippen LogP contribution in [-0.4, -0.2) is 62.1 Å².